The second kappa shape index (κ2) is 4.21. The van der Waals surface area contributed by atoms with Gasteiger partial charge in [0.2, 0.25) is 0 Å². The predicted molar refractivity (Wildman–Crippen MR) is 70.8 cm³/mol. The number of benzene rings is 1. The number of halogens is 1. The van der Waals surface area contributed by atoms with Gasteiger partial charge in [-0.25, -0.2) is 4.39 Å². The number of nitrogens with zero attached hydrogens (tertiary/aromatic N) is 1. The lowest BCUT2D eigenvalue weighted by molar-refractivity contribution is 0.280. The van der Waals surface area contributed by atoms with E-state index in [9.17, 15) is 4.39 Å². The van der Waals surface area contributed by atoms with Crippen molar-refractivity contribution in [3.8, 4) is 0 Å². The van der Waals surface area contributed by atoms with E-state index in [1.165, 1.54) is 6.07 Å². The van der Waals surface area contributed by atoms with Gasteiger partial charge in [0.05, 0.1) is 11.4 Å². The molecule has 0 atom stereocenters. The van der Waals surface area contributed by atoms with E-state index >= 15 is 0 Å². The van der Waals surface area contributed by atoms with Crippen LogP contribution in [-0.4, -0.2) is 13.1 Å². The summed E-state index contributed by atoms with van der Waals surface area (Å²) in [6.07, 6.45) is 2.31. The topological polar surface area (TPSA) is 29.3 Å². The van der Waals surface area contributed by atoms with Crippen LogP contribution in [0.5, 0.6) is 0 Å². The second-order valence-corrected chi connectivity index (χ2v) is 5.81. The minimum Gasteiger partial charge on any atom is -0.397 e. The highest BCUT2D eigenvalue weighted by Gasteiger charge is 2.26. The number of piperidine rings is 1. The average molecular weight is 236 g/mol. The van der Waals surface area contributed by atoms with Crippen molar-refractivity contribution in [1.29, 1.82) is 0 Å². The Morgan fingerprint density at radius 3 is 2.41 bits per heavy atom. The highest BCUT2D eigenvalue weighted by Crippen LogP contribution is 2.35. The molecule has 0 bridgehead atoms. The van der Waals surface area contributed by atoms with Crippen molar-refractivity contribution in [2.24, 2.45) is 5.41 Å². The van der Waals surface area contributed by atoms with Gasteiger partial charge in [0.1, 0.15) is 5.82 Å². The zero-order valence-corrected chi connectivity index (χ0v) is 10.9. The lowest BCUT2D eigenvalue weighted by Gasteiger charge is -2.38. The third-order valence-corrected chi connectivity index (χ3v) is 3.77. The highest BCUT2D eigenvalue weighted by atomic mass is 19.1. The molecule has 0 amide bonds. The Balaban J connectivity index is 2.21. The van der Waals surface area contributed by atoms with Gasteiger partial charge >= 0.3 is 0 Å². The maximum absolute atomic E-state index is 13.4. The molecule has 1 heterocycles. The lowest BCUT2D eigenvalue weighted by atomic mass is 9.82. The quantitative estimate of drug-likeness (QED) is 0.758. The minimum atomic E-state index is -0.219. The zero-order valence-electron chi connectivity index (χ0n) is 10.9. The Hall–Kier alpha value is -1.25. The fourth-order valence-corrected chi connectivity index (χ4v) is 2.31. The van der Waals surface area contributed by atoms with Gasteiger partial charge < -0.3 is 10.6 Å². The van der Waals surface area contributed by atoms with Gasteiger partial charge in [0.15, 0.2) is 0 Å². The third-order valence-electron chi connectivity index (χ3n) is 3.77. The van der Waals surface area contributed by atoms with Crippen LogP contribution in [0.2, 0.25) is 0 Å². The van der Waals surface area contributed by atoms with Crippen LogP contribution in [-0.2, 0) is 0 Å². The average Bonchev–Trinajstić information content (AvgIpc) is 2.24. The molecule has 2 nitrogen and oxygen atoms in total. The first-order valence-corrected chi connectivity index (χ1v) is 6.20. The Morgan fingerprint density at radius 2 is 1.82 bits per heavy atom. The first kappa shape index (κ1) is 12.2. The summed E-state index contributed by atoms with van der Waals surface area (Å²) in [5.74, 6) is -0.219. The molecule has 0 spiro atoms. The fourth-order valence-electron chi connectivity index (χ4n) is 2.31. The van der Waals surface area contributed by atoms with Crippen molar-refractivity contribution in [2.45, 2.75) is 33.6 Å². The Morgan fingerprint density at radius 1 is 1.24 bits per heavy atom. The third kappa shape index (κ3) is 2.54. The van der Waals surface area contributed by atoms with Crippen LogP contribution < -0.4 is 10.6 Å². The van der Waals surface area contributed by atoms with E-state index in [0.29, 0.717) is 16.7 Å². The summed E-state index contributed by atoms with van der Waals surface area (Å²) in [5.41, 5.74) is 8.52. The van der Waals surface area contributed by atoms with E-state index < -0.39 is 0 Å². The highest BCUT2D eigenvalue weighted by molar-refractivity contribution is 5.69. The Kier molecular flexibility index (Phi) is 3.02. The molecule has 1 aliphatic rings. The first-order chi connectivity index (χ1) is 7.89. The van der Waals surface area contributed by atoms with E-state index in [4.69, 9.17) is 5.73 Å². The van der Waals surface area contributed by atoms with Crippen molar-refractivity contribution in [3.05, 3.63) is 23.5 Å². The SMILES string of the molecule is Cc1cc(N2CCC(C)(C)CC2)c(N)cc1F. The number of hydrogen-bond acceptors (Lipinski definition) is 2. The van der Waals surface area contributed by atoms with Gasteiger partial charge in [0.25, 0.3) is 0 Å². The summed E-state index contributed by atoms with van der Waals surface area (Å²) in [4.78, 5) is 2.27. The van der Waals surface area contributed by atoms with Crippen molar-refractivity contribution in [1.82, 2.24) is 0 Å². The molecule has 1 aliphatic heterocycles. The standard InChI is InChI=1S/C14H21FN2/c1-10-8-13(12(16)9-11(10)15)17-6-4-14(2,3)5-7-17/h8-9H,4-7,16H2,1-3H3. The molecule has 17 heavy (non-hydrogen) atoms. The summed E-state index contributed by atoms with van der Waals surface area (Å²) >= 11 is 0. The largest absolute Gasteiger partial charge is 0.397 e. The number of anilines is 2. The molecule has 0 radical (unpaired) electrons. The van der Waals surface area contributed by atoms with Crippen LogP contribution in [0.4, 0.5) is 15.8 Å². The molecule has 94 valence electrons. The Bertz CT molecular complexity index is 416. The van der Waals surface area contributed by atoms with Gasteiger partial charge in [0, 0.05) is 13.1 Å². The second-order valence-electron chi connectivity index (χ2n) is 5.81. The molecule has 2 rings (SSSR count). The van der Waals surface area contributed by atoms with Crippen LogP contribution >= 0.6 is 0 Å². The van der Waals surface area contributed by atoms with Crippen LogP contribution in [0, 0.1) is 18.2 Å². The summed E-state index contributed by atoms with van der Waals surface area (Å²) in [5, 5.41) is 0. The van der Waals surface area contributed by atoms with Gasteiger partial charge in [-0.1, -0.05) is 13.8 Å². The monoisotopic (exact) mass is 236 g/mol. The number of nitrogens with two attached hydrogens (primary N) is 1. The van der Waals surface area contributed by atoms with E-state index in [0.717, 1.165) is 31.6 Å². The molecule has 0 saturated carbocycles. The van der Waals surface area contributed by atoms with Crippen LogP contribution in [0.25, 0.3) is 0 Å². The number of aryl methyl sites for hydroxylation is 1. The first-order valence-electron chi connectivity index (χ1n) is 6.20. The molecule has 0 unspecified atom stereocenters. The molecule has 1 aromatic rings. The molecule has 1 aromatic carbocycles. The van der Waals surface area contributed by atoms with Crippen LogP contribution in [0.3, 0.4) is 0 Å². The van der Waals surface area contributed by atoms with Crippen molar-refractivity contribution >= 4 is 11.4 Å². The normalized spacial score (nSPS) is 19.4. The molecule has 0 aliphatic carbocycles. The summed E-state index contributed by atoms with van der Waals surface area (Å²) in [7, 11) is 0. The van der Waals surface area contributed by atoms with E-state index in [-0.39, 0.29) is 5.82 Å². The molecule has 1 saturated heterocycles. The van der Waals surface area contributed by atoms with Crippen LogP contribution in [0.1, 0.15) is 32.3 Å². The minimum absolute atomic E-state index is 0.219. The van der Waals surface area contributed by atoms with E-state index in [1.54, 1.807) is 6.92 Å². The summed E-state index contributed by atoms with van der Waals surface area (Å²) in [6, 6.07) is 3.30. The fraction of sp³-hybridized carbons (Fsp3) is 0.571. The van der Waals surface area contributed by atoms with Gasteiger partial charge in [-0.2, -0.15) is 0 Å². The molecule has 1 fully saturated rings. The smallest absolute Gasteiger partial charge is 0.128 e. The van der Waals surface area contributed by atoms with Gasteiger partial charge in [-0.15, -0.1) is 0 Å². The van der Waals surface area contributed by atoms with E-state index in [2.05, 4.69) is 18.7 Å². The maximum Gasteiger partial charge on any atom is 0.128 e. The molecule has 2 N–H and O–H groups in total. The predicted octanol–water partition coefficient (Wildman–Crippen LogP) is 3.34. The van der Waals surface area contributed by atoms with Gasteiger partial charge in [-0.3, -0.25) is 0 Å². The van der Waals surface area contributed by atoms with Crippen molar-refractivity contribution in [3.63, 3.8) is 0 Å². The molecule has 0 aromatic heterocycles. The lowest BCUT2D eigenvalue weighted by Crippen LogP contribution is -2.37. The zero-order chi connectivity index (χ0) is 12.6. The van der Waals surface area contributed by atoms with E-state index in [1.807, 2.05) is 6.07 Å². The number of hydrogen-bond donors (Lipinski definition) is 1. The molecule has 3 heteroatoms. The molecular formula is C14H21FN2. The van der Waals surface area contributed by atoms with Crippen molar-refractivity contribution < 1.29 is 4.39 Å². The van der Waals surface area contributed by atoms with Crippen molar-refractivity contribution in [2.75, 3.05) is 23.7 Å². The van der Waals surface area contributed by atoms with Gasteiger partial charge in [-0.05, 0) is 42.9 Å². The van der Waals surface area contributed by atoms with Crippen LogP contribution in [0.15, 0.2) is 12.1 Å². The Labute approximate surface area is 103 Å². The summed E-state index contributed by atoms with van der Waals surface area (Å²) < 4.78 is 13.4. The maximum atomic E-state index is 13.4. The number of rotatable bonds is 1. The summed E-state index contributed by atoms with van der Waals surface area (Å²) in [6.45, 7) is 8.38. The number of nitrogen functional groups attached to an aromatic ring is 1. The molecular weight excluding hydrogens is 215 g/mol.